The number of aliphatic hydroxyl groups excluding tert-OH is 2. The third kappa shape index (κ3) is 2.51. The molecule has 0 radical (unpaired) electrons. The zero-order valence-corrected chi connectivity index (χ0v) is 13.7. The number of nitrogens with zero attached hydrogens (tertiary/aromatic N) is 3. The fourth-order valence-corrected chi connectivity index (χ4v) is 2.89. The van der Waals surface area contributed by atoms with Crippen LogP contribution in [0.5, 0.6) is 5.75 Å². The minimum atomic E-state index is -0.558. The van der Waals surface area contributed by atoms with Gasteiger partial charge in [-0.15, -0.1) is 4.91 Å². The highest BCUT2D eigenvalue weighted by Gasteiger charge is 2.27. The van der Waals surface area contributed by atoms with Gasteiger partial charge in [-0.2, -0.15) is 0 Å². The van der Waals surface area contributed by atoms with E-state index in [0.717, 1.165) is 0 Å². The molecule has 0 amide bonds. The van der Waals surface area contributed by atoms with Crippen molar-refractivity contribution < 1.29 is 19.8 Å². The summed E-state index contributed by atoms with van der Waals surface area (Å²) in [5.41, 5.74) is 1.50. The van der Waals surface area contributed by atoms with Crippen LogP contribution in [0, 0.1) is 18.8 Å². The van der Waals surface area contributed by atoms with E-state index in [1.165, 1.54) is 4.90 Å². The first-order chi connectivity index (χ1) is 12.0. The van der Waals surface area contributed by atoms with Gasteiger partial charge in [-0.1, -0.05) is 29.4 Å². The highest BCUT2D eigenvalue weighted by Crippen LogP contribution is 2.47. The third-order valence-corrected chi connectivity index (χ3v) is 4.27. The van der Waals surface area contributed by atoms with Gasteiger partial charge in [0.15, 0.2) is 11.4 Å². The molecule has 1 heterocycles. The van der Waals surface area contributed by atoms with Crippen molar-refractivity contribution in [2.75, 3.05) is 11.6 Å². The average molecular weight is 343 g/mol. The van der Waals surface area contributed by atoms with Gasteiger partial charge in [0.25, 0.3) is 0 Å². The monoisotopic (exact) mass is 343 g/mol. The molecule has 0 aliphatic carbocycles. The summed E-state index contributed by atoms with van der Waals surface area (Å²) in [5, 5.41) is 37.8. The minimum Gasteiger partial charge on any atom is -0.505 e. The molecule has 2 aromatic carbocycles. The lowest BCUT2D eigenvalue weighted by atomic mass is 9.99. The van der Waals surface area contributed by atoms with Gasteiger partial charge in [-0.25, -0.2) is 0 Å². The van der Waals surface area contributed by atoms with E-state index in [1.54, 1.807) is 38.1 Å². The van der Waals surface area contributed by atoms with Crippen LogP contribution in [0.4, 0.5) is 17.3 Å². The third-order valence-electron chi connectivity index (χ3n) is 4.27. The molecule has 3 aromatic rings. The molecular formula is C17H17N3O5. The number of fused-ring (bicyclic) bond motifs is 1. The molecular weight excluding hydrogens is 326 g/mol. The van der Waals surface area contributed by atoms with Crippen molar-refractivity contribution in [3.05, 3.63) is 46.0 Å². The number of hydrogen-bond donors (Lipinski definition) is 3. The molecule has 130 valence electrons. The first-order valence-electron chi connectivity index (χ1n) is 7.57. The maximum atomic E-state index is 11.3. The molecule has 0 aliphatic rings. The van der Waals surface area contributed by atoms with Gasteiger partial charge in [0.2, 0.25) is 5.88 Å². The fraction of sp³-hybridized carbons (Fsp3) is 0.235. The van der Waals surface area contributed by atoms with Crippen LogP contribution in [-0.4, -0.2) is 27.2 Å². The minimum absolute atomic E-state index is 0.0914. The van der Waals surface area contributed by atoms with Gasteiger partial charge in [-0.3, -0.25) is 4.90 Å². The number of nitroso groups, excluding NO2 is 1. The summed E-state index contributed by atoms with van der Waals surface area (Å²) in [6, 6.07) is 6.78. The summed E-state index contributed by atoms with van der Waals surface area (Å²) < 4.78 is 5.32. The number of aromatic nitrogens is 1. The van der Waals surface area contributed by atoms with Gasteiger partial charge in [0.05, 0.1) is 18.0 Å². The van der Waals surface area contributed by atoms with Gasteiger partial charge < -0.3 is 19.8 Å². The van der Waals surface area contributed by atoms with Crippen LogP contribution in [-0.2, 0) is 6.61 Å². The fourth-order valence-electron chi connectivity index (χ4n) is 2.89. The van der Waals surface area contributed by atoms with Crippen molar-refractivity contribution in [2.45, 2.75) is 20.5 Å². The maximum Gasteiger partial charge on any atom is 0.236 e. The lowest BCUT2D eigenvalue weighted by Gasteiger charge is -2.25. The lowest BCUT2D eigenvalue weighted by Crippen LogP contribution is -2.20. The van der Waals surface area contributed by atoms with Crippen LogP contribution in [0.15, 0.2) is 34.0 Å². The van der Waals surface area contributed by atoms with Gasteiger partial charge in [0.1, 0.15) is 6.73 Å². The first-order valence-corrected chi connectivity index (χ1v) is 7.57. The van der Waals surface area contributed by atoms with Crippen molar-refractivity contribution in [1.29, 1.82) is 0 Å². The van der Waals surface area contributed by atoms with E-state index >= 15 is 0 Å². The Kier molecular flexibility index (Phi) is 4.39. The van der Waals surface area contributed by atoms with E-state index in [2.05, 4.69) is 10.3 Å². The Hall–Kier alpha value is -2.97. The van der Waals surface area contributed by atoms with E-state index < -0.39 is 13.3 Å². The van der Waals surface area contributed by atoms with Crippen LogP contribution in [0.2, 0.25) is 0 Å². The molecule has 25 heavy (non-hydrogen) atoms. The number of aliphatic hydroxyl groups is 2. The molecule has 0 saturated heterocycles. The second-order valence-corrected chi connectivity index (χ2v) is 5.59. The van der Waals surface area contributed by atoms with Crippen molar-refractivity contribution in [1.82, 2.24) is 5.16 Å². The molecule has 0 spiro atoms. The largest absolute Gasteiger partial charge is 0.505 e. The summed E-state index contributed by atoms with van der Waals surface area (Å²) in [6.45, 7) is 2.50. The molecule has 0 aliphatic heterocycles. The molecule has 1 aromatic heterocycles. The summed E-state index contributed by atoms with van der Waals surface area (Å²) in [7, 11) is 0. The van der Waals surface area contributed by atoms with Crippen LogP contribution >= 0.6 is 0 Å². The highest BCUT2D eigenvalue weighted by molar-refractivity contribution is 6.05. The van der Waals surface area contributed by atoms with Crippen molar-refractivity contribution >= 4 is 28.0 Å². The molecule has 0 saturated carbocycles. The van der Waals surface area contributed by atoms with Crippen molar-refractivity contribution in [2.24, 2.45) is 5.18 Å². The molecule has 3 rings (SSSR count). The number of anilines is 2. The quantitative estimate of drug-likeness (QED) is 0.481. The van der Waals surface area contributed by atoms with Crippen LogP contribution in [0.3, 0.4) is 0 Å². The Morgan fingerprint density at radius 2 is 1.88 bits per heavy atom. The molecule has 3 N–H and O–H groups in total. The summed E-state index contributed by atoms with van der Waals surface area (Å²) in [6.07, 6.45) is 0. The SMILES string of the molecule is Cc1noc(N(CO)c2c(CO)c(N=O)c(O)c3ccccc23)c1C. The first kappa shape index (κ1) is 16.9. The predicted octanol–water partition coefficient (Wildman–Crippen LogP) is 3.13. The molecule has 8 heteroatoms. The summed E-state index contributed by atoms with van der Waals surface area (Å²) in [4.78, 5) is 12.7. The van der Waals surface area contributed by atoms with E-state index in [4.69, 9.17) is 4.52 Å². The van der Waals surface area contributed by atoms with Gasteiger partial charge >= 0.3 is 0 Å². The van der Waals surface area contributed by atoms with Gasteiger partial charge in [-0.05, 0) is 19.0 Å². The standard InChI is InChI=1S/C17H17N3O5/c1-9-10(2)19-25-17(9)20(8-22)15-11-5-3-4-6-12(11)16(23)14(18-24)13(15)7-21/h3-6,21-23H,7-8H2,1-2H3. The zero-order valence-electron chi connectivity index (χ0n) is 13.7. The normalized spacial score (nSPS) is 11.0. The van der Waals surface area contributed by atoms with Crippen LogP contribution in [0.1, 0.15) is 16.8 Å². The van der Waals surface area contributed by atoms with Gasteiger partial charge in [0, 0.05) is 21.9 Å². The molecule has 0 unspecified atom stereocenters. The number of phenolic OH excluding ortho intramolecular Hbond substituents is 1. The van der Waals surface area contributed by atoms with E-state index in [9.17, 15) is 20.2 Å². The summed E-state index contributed by atoms with van der Waals surface area (Å²) >= 11 is 0. The Morgan fingerprint density at radius 1 is 1.20 bits per heavy atom. The van der Waals surface area contributed by atoms with Crippen molar-refractivity contribution in [3.63, 3.8) is 0 Å². The Labute approximate surface area is 142 Å². The number of aromatic hydroxyl groups is 1. The smallest absolute Gasteiger partial charge is 0.236 e. The Balaban J connectivity index is 2.42. The Bertz CT molecular complexity index is 951. The van der Waals surface area contributed by atoms with E-state index in [0.29, 0.717) is 27.7 Å². The van der Waals surface area contributed by atoms with E-state index in [-0.39, 0.29) is 22.9 Å². The number of benzene rings is 2. The average Bonchev–Trinajstić information content (AvgIpc) is 2.96. The van der Waals surface area contributed by atoms with Crippen LogP contribution in [0.25, 0.3) is 10.8 Å². The molecule has 8 nitrogen and oxygen atoms in total. The second-order valence-electron chi connectivity index (χ2n) is 5.59. The number of rotatable bonds is 5. The zero-order chi connectivity index (χ0) is 18.1. The molecule has 0 bridgehead atoms. The molecule has 0 fully saturated rings. The highest BCUT2D eigenvalue weighted by atomic mass is 16.5. The van der Waals surface area contributed by atoms with Crippen LogP contribution < -0.4 is 4.90 Å². The summed E-state index contributed by atoms with van der Waals surface area (Å²) in [5.74, 6) is -0.0378. The van der Waals surface area contributed by atoms with Crippen molar-refractivity contribution in [3.8, 4) is 5.75 Å². The number of aryl methyl sites for hydroxylation is 1. The maximum absolute atomic E-state index is 11.3. The topological polar surface area (TPSA) is 119 Å². The number of phenols is 1. The molecule has 0 atom stereocenters. The predicted molar refractivity (Wildman–Crippen MR) is 92.2 cm³/mol. The number of hydrogen-bond acceptors (Lipinski definition) is 8. The Morgan fingerprint density at radius 3 is 2.40 bits per heavy atom. The second kappa shape index (κ2) is 6.50. The van der Waals surface area contributed by atoms with E-state index in [1.807, 2.05) is 0 Å². The lowest BCUT2D eigenvalue weighted by molar-refractivity contribution is 0.277.